The van der Waals surface area contributed by atoms with E-state index in [0.29, 0.717) is 17.3 Å². The zero-order valence-electron chi connectivity index (χ0n) is 12.6. The van der Waals surface area contributed by atoms with Gasteiger partial charge in [-0.1, -0.05) is 18.9 Å². The molecule has 1 saturated carbocycles. The number of aliphatic imine (C=N–C) groups is 1. The maximum absolute atomic E-state index is 9.54. The predicted molar refractivity (Wildman–Crippen MR) is 86.5 cm³/mol. The van der Waals surface area contributed by atoms with Crippen molar-refractivity contribution in [1.82, 2.24) is 15.6 Å². The summed E-state index contributed by atoms with van der Waals surface area (Å²) in [6.07, 6.45) is 8.35. The van der Waals surface area contributed by atoms with Gasteiger partial charge >= 0.3 is 0 Å². The van der Waals surface area contributed by atoms with Crippen molar-refractivity contribution in [2.24, 2.45) is 4.99 Å². The molecule has 0 bridgehead atoms. The Hall–Kier alpha value is -2.61. The molecule has 1 aromatic rings. The highest BCUT2D eigenvalue weighted by molar-refractivity contribution is 5.90. The van der Waals surface area contributed by atoms with E-state index in [1.165, 1.54) is 12.8 Å². The molecule has 2 aliphatic rings. The molecular weight excluding hydrogens is 274 g/mol. The van der Waals surface area contributed by atoms with Gasteiger partial charge in [-0.3, -0.25) is 4.98 Å². The van der Waals surface area contributed by atoms with Crippen LogP contribution in [0.5, 0.6) is 0 Å². The topological polar surface area (TPSA) is 73.1 Å². The Balaban J connectivity index is 1.94. The zero-order valence-corrected chi connectivity index (χ0v) is 12.6. The van der Waals surface area contributed by atoms with Gasteiger partial charge in [0.05, 0.1) is 17.4 Å². The molecule has 1 aromatic heterocycles. The van der Waals surface area contributed by atoms with E-state index in [9.17, 15) is 5.26 Å². The summed E-state index contributed by atoms with van der Waals surface area (Å²) in [5, 5.41) is 16.0. The number of nitrogens with one attached hydrogen (secondary N) is 2. The van der Waals surface area contributed by atoms with E-state index in [0.717, 1.165) is 30.1 Å². The molecule has 2 heterocycles. The number of aromatic nitrogens is 1. The van der Waals surface area contributed by atoms with Gasteiger partial charge in [-0.15, -0.1) is 0 Å². The minimum Gasteiger partial charge on any atom is -0.332 e. The first-order chi connectivity index (χ1) is 10.8. The highest BCUT2D eigenvalue weighted by Gasteiger charge is 2.20. The minimum atomic E-state index is 0.378. The van der Waals surface area contributed by atoms with E-state index in [1.54, 1.807) is 6.20 Å². The van der Waals surface area contributed by atoms with Gasteiger partial charge in [-0.2, -0.15) is 5.26 Å². The van der Waals surface area contributed by atoms with Crippen LogP contribution >= 0.6 is 0 Å². The number of guanidine groups is 1. The van der Waals surface area contributed by atoms with Crippen LogP contribution in [0.4, 0.5) is 0 Å². The average Bonchev–Trinajstić information content (AvgIpc) is 3.05. The van der Waals surface area contributed by atoms with Gasteiger partial charge in [0.25, 0.3) is 0 Å². The quantitative estimate of drug-likeness (QED) is 0.822. The molecule has 1 aliphatic carbocycles. The molecule has 0 unspecified atom stereocenters. The third-order valence-corrected chi connectivity index (χ3v) is 3.98. The lowest BCUT2D eigenvalue weighted by atomic mass is 10.1. The number of nitriles is 1. The van der Waals surface area contributed by atoms with Gasteiger partial charge in [-0.25, -0.2) is 4.99 Å². The lowest BCUT2D eigenvalue weighted by Crippen LogP contribution is -2.39. The van der Waals surface area contributed by atoms with Gasteiger partial charge in [0, 0.05) is 12.4 Å². The third-order valence-electron chi connectivity index (χ3n) is 3.98. The van der Waals surface area contributed by atoms with E-state index in [-0.39, 0.29) is 0 Å². The normalized spacial score (nSPS) is 22.5. The van der Waals surface area contributed by atoms with Gasteiger partial charge in [0.15, 0.2) is 5.96 Å². The number of allylic oxidation sites excluding steroid dienone is 2. The molecule has 22 heavy (non-hydrogen) atoms. The molecule has 0 amide bonds. The van der Waals surface area contributed by atoms with Crippen LogP contribution in [-0.2, 0) is 0 Å². The van der Waals surface area contributed by atoms with Crippen LogP contribution in [0.1, 0.15) is 38.3 Å². The molecule has 1 fully saturated rings. The highest BCUT2D eigenvalue weighted by Crippen LogP contribution is 2.23. The van der Waals surface area contributed by atoms with E-state index < -0.39 is 0 Å². The van der Waals surface area contributed by atoms with Crippen LogP contribution < -0.4 is 10.6 Å². The number of rotatable bonds is 2. The van der Waals surface area contributed by atoms with Crippen LogP contribution in [0.15, 0.2) is 46.9 Å². The third kappa shape index (κ3) is 3.01. The summed E-state index contributed by atoms with van der Waals surface area (Å²) in [5.74, 6) is 0.719. The van der Waals surface area contributed by atoms with Crippen molar-refractivity contribution in [3.05, 3.63) is 47.6 Å². The Labute approximate surface area is 130 Å². The Bertz CT molecular complexity index is 673. The lowest BCUT2D eigenvalue weighted by Gasteiger charge is -2.22. The molecule has 3 rings (SSSR count). The van der Waals surface area contributed by atoms with E-state index in [1.807, 2.05) is 31.3 Å². The molecule has 112 valence electrons. The Morgan fingerprint density at radius 2 is 2.18 bits per heavy atom. The number of hydrogen-bond donors (Lipinski definition) is 2. The fourth-order valence-corrected chi connectivity index (χ4v) is 2.80. The van der Waals surface area contributed by atoms with Crippen LogP contribution in [0.2, 0.25) is 0 Å². The van der Waals surface area contributed by atoms with Crippen molar-refractivity contribution in [3.8, 4) is 6.07 Å². The van der Waals surface area contributed by atoms with Crippen LogP contribution in [-0.4, -0.2) is 17.0 Å². The van der Waals surface area contributed by atoms with Crippen molar-refractivity contribution >= 4 is 11.5 Å². The first kappa shape index (κ1) is 14.3. The molecule has 5 nitrogen and oxygen atoms in total. The standard InChI is InChI=1S/C17H19N5/c1-12-11-20-17(21-13-6-2-3-7-13)22-16(12)14(10-18)15-8-4-5-9-19-15/h4-5,8-9,11,13H,2-3,6-7H2,1H3,(H2,20,21,22)/b16-14+. The molecule has 1 aliphatic heterocycles. The molecule has 2 N–H and O–H groups in total. The summed E-state index contributed by atoms with van der Waals surface area (Å²) in [4.78, 5) is 9.00. The van der Waals surface area contributed by atoms with Crippen LogP contribution in [0, 0.1) is 11.3 Å². The largest absolute Gasteiger partial charge is 0.332 e. The molecule has 0 saturated heterocycles. The summed E-state index contributed by atoms with van der Waals surface area (Å²) in [5.41, 5.74) is 2.95. The van der Waals surface area contributed by atoms with E-state index >= 15 is 0 Å². The lowest BCUT2D eigenvalue weighted by molar-refractivity contribution is 0.696. The van der Waals surface area contributed by atoms with Crippen molar-refractivity contribution < 1.29 is 0 Å². The Kier molecular flexibility index (Phi) is 4.19. The summed E-state index contributed by atoms with van der Waals surface area (Å²) in [6.45, 7) is 1.96. The van der Waals surface area contributed by atoms with Crippen molar-refractivity contribution in [1.29, 1.82) is 5.26 Å². The van der Waals surface area contributed by atoms with Crippen LogP contribution in [0.25, 0.3) is 5.57 Å². The first-order valence-corrected chi connectivity index (χ1v) is 7.62. The second kappa shape index (κ2) is 6.44. The van der Waals surface area contributed by atoms with Crippen molar-refractivity contribution in [2.45, 2.75) is 38.6 Å². The van der Waals surface area contributed by atoms with Gasteiger partial charge in [0.2, 0.25) is 0 Å². The molecule has 0 spiro atoms. The number of pyridine rings is 1. The van der Waals surface area contributed by atoms with E-state index in [4.69, 9.17) is 4.99 Å². The average molecular weight is 293 g/mol. The minimum absolute atomic E-state index is 0.378. The predicted octanol–water partition coefficient (Wildman–Crippen LogP) is 2.71. The smallest absolute Gasteiger partial charge is 0.200 e. The fourth-order valence-electron chi connectivity index (χ4n) is 2.80. The van der Waals surface area contributed by atoms with Gasteiger partial charge in [-0.05, 0) is 37.5 Å². The number of hydrogen-bond acceptors (Lipinski definition) is 3. The monoisotopic (exact) mass is 293 g/mol. The second-order valence-electron chi connectivity index (χ2n) is 5.59. The molecule has 0 radical (unpaired) electrons. The molecule has 0 atom stereocenters. The highest BCUT2D eigenvalue weighted by atomic mass is 15.2. The Morgan fingerprint density at radius 1 is 1.36 bits per heavy atom. The maximum atomic E-state index is 9.54. The maximum Gasteiger partial charge on any atom is 0.200 e. The zero-order chi connectivity index (χ0) is 15.4. The van der Waals surface area contributed by atoms with Crippen LogP contribution in [0.3, 0.4) is 0 Å². The van der Waals surface area contributed by atoms with Gasteiger partial charge in [0.1, 0.15) is 11.6 Å². The Morgan fingerprint density at radius 3 is 2.86 bits per heavy atom. The first-order valence-electron chi connectivity index (χ1n) is 7.62. The molecular formula is C17H19N5. The molecule has 5 heteroatoms. The summed E-state index contributed by atoms with van der Waals surface area (Å²) < 4.78 is 0. The SMILES string of the molecule is CC1=CNC(=NC2CCCC2)N/C1=C(\C#N)c1ccccn1. The number of nitrogens with zero attached hydrogens (tertiary/aromatic N) is 3. The summed E-state index contributed by atoms with van der Waals surface area (Å²) >= 11 is 0. The van der Waals surface area contributed by atoms with Gasteiger partial charge < -0.3 is 10.6 Å². The van der Waals surface area contributed by atoms with E-state index in [2.05, 4.69) is 21.7 Å². The summed E-state index contributed by atoms with van der Waals surface area (Å²) in [7, 11) is 0. The van der Waals surface area contributed by atoms with Crippen molar-refractivity contribution in [2.75, 3.05) is 0 Å². The fraction of sp³-hybridized carbons (Fsp3) is 0.353. The second-order valence-corrected chi connectivity index (χ2v) is 5.59. The molecule has 0 aromatic carbocycles. The summed E-state index contributed by atoms with van der Waals surface area (Å²) in [6, 6.07) is 8.21. The van der Waals surface area contributed by atoms with Crippen molar-refractivity contribution in [3.63, 3.8) is 0 Å².